The van der Waals surface area contributed by atoms with E-state index in [0.29, 0.717) is 6.54 Å². The van der Waals surface area contributed by atoms with Crippen molar-refractivity contribution in [3.8, 4) is 0 Å². The predicted octanol–water partition coefficient (Wildman–Crippen LogP) is 1.99. The van der Waals surface area contributed by atoms with Gasteiger partial charge in [0.05, 0.1) is 5.56 Å². The lowest BCUT2D eigenvalue weighted by atomic mass is 10.1. The summed E-state index contributed by atoms with van der Waals surface area (Å²) in [7, 11) is 0. The number of rotatable bonds is 4. The number of alkyl halides is 3. The fourth-order valence-corrected chi connectivity index (χ4v) is 1.36. The molecule has 0 aliphatic rings. The van der Waals surface area contributed by atoms with Gasteiger partial charge in [0.15, 0.2) is 0 Å². The fourth-order valence-electron chi connectivity index (χ4n) is 1.36. The first kappa shape index (κ1) is 14.1. The smallest absolute Gasteiger partial charge is 0.399 e. The van der Waals surface area contributed by atoms with Crippen LogP contribution in [0.4, 0.5) is 24.5 Å². The summed E-state index contributed by atoms with van der Waals surface area (Å²) in [5, 5.41) is 4.69. The van der Waals surface area contributed by atoms with Gasteiger partial charge in [-0.25, -0.2) is 0 Å². The van der Waals surface area contributed by atoms with Crippen molar-refractivity contribution in [3.05, 3.63) is 23.8 Å². The molecule has 0 aromatic heterocycles. The van der Waals surface area contributed by atoms with E-state index in [1.807, 2.05) is 0 Å². The van der Waals surface area contributed by atoms with Crippen LogP contribution < -0.4 is 16.4 Å². The Balaban J connectivity index is 2.93. The molecule has 18 heavy (non-hydrogen) atoms. The van der Waals surface area contributed by atoms with Crippen LogP contribution in [-0.4, -0.2) is 25.2 Å². The second-order valence-electron chi connectivity index (χ2n) is 3.63. The highest BCUT2D eigenvalue weighted by molar-refractivity contribution is 6.00. The van der Waals surface area contributed by atoms with Gasteiger partial charge in [-0.3, -0.25) is 4.79 Å². The van der Waals surface area contributed by atoms with Gasteiger partial charge in [-0.15, -0.1) is 0 Å². The van der Waals surface area contributed by atoms with Crippen molar-refractivity contribution in [1.82, 2.24) is 5.32 Å². The van der Waals surface area contributed by atoms with E-state index in [1.165, 1.54) is 18.2 Å². The molecule has 0 heterocycles. The summed E-state index contributed by atoms with van der Waals surface area (Å²) in [5.41, 5.74) is 5.98. The minimum Gasteiger partial charge on any atom is -0.399 e. The SMILES string of the molecule is CCNC(=O)c1ccc(N)cc1NCC(F)(F)F. The zero-order valence-corrected chi connectivity index (χ0v) is 9.77. The third-order valence-electron chi connectivity index (χ3n) is 2.10. The first-order chi connectivity index (χ1) is 8.33. The Morgan fingerprint density at radius 3 is 2.61 bits per heavy atom. The van der Waals surface area contributed by atoms with Crippen molar-refractivity contribution in [1.29, 1.82) is 0 Å². The van der Waals surface area contributed by atoms with Gasteiger partial charge in [-0.2, -0.15) is 13.2 Å². The summed E-state index contributed by atoms with van der Waals surface area (Å²) < 4.78 is 36.4. The Hall–Kier alpha value is -1.92. The van der Waals surface area contributed by atoms with Crippen LogP contribution in [0.15, 0.2) is 18.2 Å². The number of hydrogen-bond acceptors (Lipinski definition) is 3. The summed E-state index contributed by atoms with van der Waals surface area (Å²) in [4.78, 5) is 11.6. The van der Waals surface area contributed by atoms with Crippen LogP contribution in [0.5, 0.6) is 0 Å². The number of hydrogen-bond donors (Lipinski definition) is 3. The molecule has 0 bridgehead atoms. The Morgan fingerprint density at radius 1 is 1.39 bits per heavy atom. The number of anilines is 2. The number of nitrogens with two attached hydrogens (primary N) is 1. The van der Waals surface area contributed by atoms with Gasteiger partial charge in [0, 0.05) is 17.9 Å². The van der Waals surface area contributed by atoms with Crippen molar-refractivity contribution in [2.75, 3.05) is 24.1 Å². The van der Waals surface area contributed by atoms with Crippen molar-refractivity contribution >= 4 is 17.3 Å². The molecule has 0 radical (unpaired) electrons. The van der Waals surface area contributed by atoms with Crippen LogP contribution in [0.25, 0.3) is 0 Å². The summed E-state index contributed by atoms with van der Waals surface area (Å²) in [6, 6.07) is 4.15. The molecule has 0 aliphatic heterocycles. The molecule has 0 spiro atoms. The van der Waals surface area contributed by atoms with E-state index >= 15 is 0 Å². The Morgan fingerprint density at radius 2 is 2.06 bits per heavy atom. The van der Waals surface area contributed by atoms with Crippen molar-refractivity contribution in [2.45, 2.75) is 13.1 Å². The molecule has 0 saturated heterocycles. The van der Waals surface area contributed by atoms with Gasteiger partial charge in [0.25, 0.3) is 5.91 Å². The molecule has 1 amide bonds. The average Bonchev–Trinajstić information content (AvgIpc) is 2.25. The predicted molar refractivity (Wildman–Crippen MR) is 63.4 cm³/mol. The molecule has 0 aliphatic carbocycles. The standard InChI is InChI=1S/C11H14F3N3O/c1-2-16-10(18)8-4-3-7(15)5-9(8)17-6-11(12,13)14/h3-5,17H,2,6,15H2,1H3,(H,16,18). The van der Waals surface area contributed by atoms with Gasteiger partial charge in [-0.05, 0) is 25.1 Å². The van der Waals surface area contributed by atoms with E-state index in [0.717, 1.165) is 0 Å². The van der Waals surface area contributed by atoms with Crippen LogP contribution in [0.2, 0.25) is 0 Å². The minimum absolute atomic E-state index is 0.0678. The summed E-state index contributed by atoms with van der Waals surface area (Å²) >= 11 is 0. The van der Waals surface area contributed by atoms with E-state index in [1.54, 1.807) is 6.92 Å². The lowest BCUT2D eigenvalue weighted by Crippen LogP contribution is -2.26. The topological polar surface area (TPSA) is 67.2 Å². The number of amides is 1. The normalized spacial score (nSPS) is 11.1. The molecule has 0 fully saturated rings. The zero-order valence-electron chi connectivity index (χ0n) is 9.77. The highest BCUT2D eigenvalue weighted by Crippen LogP contribution is 2.22. The van der Waals surface area contributed by atoms with Crippen LogP contribution >= 0.6 is 0 Å². The number of halogens is 3. The van der Waals surface area contributed by atoms with E-state index < -0.39 is 18.6 Å². The average molecular weight is 261 g/mol. The first-order valence-corrected chi connectivity index (χ1v) is 5.32. The maximum Gasteiger partial charge on any atom is 0.405 e. The summed E-state index contributed by atoms with van der Waals surface area (Å²) in [6.45, 7) is 0.892. The van der Waals surface area contributed by atoms with Gasteiger partial charge in [-0.1, -0.05) is 0 Å². The number of nitrogen functional groups attached to an aromatic ring is 1. The number of carbonyl (C=O) groups is 1. The van der Waals surface area contributed by atoms with E-state index in [9.17, 15) is 18.0 Å². The van der Waals surface area contributed by atoms with E-state index in [2.05, 4.69) is 10.6 Å². The van der Waals surface area contributed by atoms with Gasteiger partial charge in [0.2, 0.25) is 0 Å². The molecular formula is C11H14F3N3O. The number of nitrogens with one attached hydrogen (secondary N) is 2. The van der Waals surface area contributed by atoms with Crippen LogP contribution in [-0.2, 0) is 0 Å². The minimum atomic E-state index is -4.36. The third-order valence-corrected chi connectivity index (χ3v) is 2.10. The van der Waals surface area contributed by atoms with Crippen molar-refractivity contribution in [2.24, 2.45) is 0 Å². The second-order valence-corrected chi connectivity index (χ2v) is 3.63. The zero-order chi connectivity index (χ0) is 13.8. The largest absolute Gasteiger partial charge is 0.405 e. The molecule has 0 atom stereocenters. The molecule has 0 saturated carbocycles. The Bertz CT molecular complexity index is 432. The molecule has 1 aromatic carbocycles. The fraction of sp³-hybridized carbons (Fsp3) is 0.364. The maximum atomic E-state index is 12.1. The molecule has 0 unspecified atom stereocenters. The molecule has 4 nitrogen and oxygen atoms in total. The van der Waals surface area contributed by atoms with Crippen LogP contribution in [0.1, 0.15) is 17.3 Å². The Kier molecular flexibility index (Phi) is 4.41. The number of benzene rings is 1. The third kappa shape index (κ3) is 4.15. The monoisotopic (exact) mass is 261 g/mol. The van der Waals surface area contributed by atoms with E-state index in [4.69, 9.17) is 5.73 Å². The van der Waals surface area contributed by atoms with E-state index in [-0.39, 0.29) is 16.9 Å². The molecule has 1 rings (SSSR count). The van der Waals surface area contributed by atoms with Crippen LogP contribution in [0.3, 0.4) is 0 Å². The molecule has 1 aromatic rings. The molecule has 4 N–H and O–H groups in total. The highest BCUT2D eigenvalue weighted by atomic mass is 19.4. The Labute approximate surface area is 102 Å². The van der Waals surface area contributed by atoms with Gasteiger partial charge in [0.1, 0.15) is 6.54 Å². The van der Waals surface area contributed by atoms with Crippen LogP contribution in [0, 0.1) is 0 Å². The van der Waals surface area contributed by atoms with Gasteiger partial charge >= 0.3 is 6.18 Å². The van der Waals surface area contributed by atoms with Gasteiger partial charge < -0.3 is 16.4 Å². The summed E-state index contributed by atoms with van der Waals surface area (Å²) in [5.74, 6) is -0.442. The quantitative estimate of drug-likeness (QED) is 0.726. The molecule has 100 valence electrons. The molecule has 7 heteroatoms. The second kappa shape index (κ2) is 5.61. The first-order valence-electron chi connectivity index (χ1n) is 5.32. The lowest BCUT2D eigenvalue weighted by molar-refractivity contribution is -0.115. The molecular weight excluding hydrogens is 247 g/mol. The lowest BCUT2D eigenvalue weighted by Gasteiger charge is -2.14. The number of carbonyl (C=O) groups excluding carboxylic acids is 1. The highest BCUT2D eigenvalue weighted by Gasteiger charge is 2.27. The van der Waals surface area contributed by atoms with Crippen molar-refractivity contribution < 1.29 is 18.0 Å². The van der Waals surface area contributed by atoms with Crippen molar-refractivity contribution in [3.63, 3.8) is 0 Å². The maximum absolute atomic E-state index is 12.1. The summed E-state index contributed by atoms with van der Waals surface area (Å²) in [6.07, 6.45) is -4.36.